The number of aromatic nitrogens is 2. The Morgan fingerprint density at radius 2 is 1.90 bits per heavy atom. The van der Waals surface area contributed by atoms with Crippen LogP contribution in [0.3, 0.4) is 0 Å². The lowest BCUT2D eigenvalue weighted by atomic mass is 9.84. The molecular weight excluding hydrogens is 326 g/mol. The van der Waals surface area contributed by atoms with E-state index in [9.17, 15) is 0 Å². The summed E-state index contributed by atoms with van der Waals surface area (Å²) >= 11 is 3.66. The fraction of sp³-hybridized carbons (Fsp3) is 0.471. The van der Waals surface area contributed by atoms with Gasteiger partial charge in [0.2, 0.25) is 0 Å². The minimum Gasteiger partial charge on any atom is -0.310 e. The van der Waals surface area contributed by atoms with Crippen molar-refractivity contribution >= 4 is 15.9 Å². The van der Waals surface area contributed by atoms with E-state index in [1.54, 1.807) is 0 Å². The van der Waals surface area contributed by atoms with E-state index >= 15 is 0 Å². The van der Waals surface area contributed by atoms with Crippen molar-refractivity contribution in [2.45, 2.75) is 39.2 Å². The van der Waals surface area contributed by atoms with Crippen molar-refractivity contribution in [2.75, 3.05) is 6.54 Å². The minimum atomic E-state index is 0.111. The molecule has 0 unspecified atom stereocenters. The third-order valence-electron chi connectivity index (χ3n) is 3.92. The highest BCUT2D eigenvalue weighted by molar-refractivity contribution is 9.10. The molecule has 114 valence electrons. The molecule has 0 bridgehead atoms. The molecule has 0 radical (unpaired) electrons. The Hall–Kier alpha value is -1.13. The molecule has 0 aliphatic carbocycles. The lowest BCUT2D eigenvalue weighted by Gasteiger charge is -2.25. The van der Waals surface area contributed by atoms with Crippen molar-refractivity contribution in [3.8, 4) is 0 Å². The van der Waals surface area contributed by atoms with Crippen LogP contribution in [0.25, 0.3) is 0 Å². The summed E-state index contributed by atoms with van der Waals surface area (Å²) < 4.78 is 3.10. The minimum absolute atomic E-state index is 0.111. The SMILES string of the molecule is CCc1nn(C)c(CNCC(C)(C)c2ccccc2)c1Br. The number of hydrogen-bond donors (Lipinski definition) is 1. The zero-order chi connectivity index (χ0) is 15.5. The summed E-state index contributed by atoms with van der Waals surface area (Å²) in [6, 6.07) is 10.6. The van der Waals surface area contributed by atoms with Crippen LogP contribution in [0.1, 0.15) is 37.7 Å². The highest BCUT2D eigenvalue weighted by Crippen LogP contribution is 2.24. The van der Waals surface area contributed by atoms with Gasteiger partial charge in [0.05, 0.1) is 15.9 Å². The Morgan fingerprint density at radius 1 is 1.24 bits per heavy atom. The molecule has 2 rings (SSSR count). The summed E-state index contributed by atoms with van der Waals surface area (Å²) in [5.41, 5.74) is 3.79. The summed E-state index contributed by atoms with van der Waals surface area (Å²) in [5, 5.41) is 8.10. The molecule has 1 N–H and O–H groups in total. The van der Waals surface area contributed by atoms with Gasteiger partial charge in [-0.25, -0.2) is 0 Å². The van der Waals surface area contributed by atoms with Gasteiger partial charge in [-0.1, -0.05) is 51.1 Å². The average Bonchev–Trinajstić information content (AvgIpc) is 2.75. The van der Waals surface area contributed by atoms with E-state index in [0.29, 0.717) is 0 Å². The second kappa shape index (κ2) is 6.75. The second-order valence-electron chi connectivity index (χ2n) is 6.04. The predicted octanol–water partition coefficient (Wildman–Crippen LogP) is 3.81. The van der Waals surface area contributed by atoms with Gasteiger partial charge in [0, 0.05) is 25.6 Å². The van der Waals surface area contributed by atoms with E-state index in [4.69, 9.17) is 0 Å². The van der Waals surface area contributed by atoms with Crippen LogP contribution in [0, 0.1) is 0 Å². The summed E-state index contributed by atoms with van der Waals surface area (Å²) in [4.78, 5) is 0. The average molecular weight is 350 g/mol. The van der Waals surface area contributed by atoms with Crippen LogP contribution in [-0.4, -0.2) is 16.3 Å². The molecule has 0 saturated heterocycles. The molecule has 4 heteroatoms. The first-order chi connectivity index (χ1) is 9.95. The fourth-order valence-electron chi connectivity index (χ4n) is 2.50. The molecule has 3 nitrogen and oxygen atoms in total. The first kappa shape index (κ1) is 16.2. The predicted molar refractivity (Wildman–Crippen MR) is 91.5 cm³/mol. The molecule has 0 spiro atoms. The number of rotatable bonds is 6. The highest BCUT2D eigenvalue weighted by Gasteiger charge is 2.20. The fourth-order valence-corrected chi connectivity index (χ4v) is 3.25. The van der Waals surface area contributed by atoms with Crippen LogP contribution in [0.2, 0.25) is 0 Å². The quantitative estimate of drug-likeness (QED) is 0.859. The molecule has 2 aromatic rings. The summed E-state index contributed by atoms with van der Waals surface area (Å²) in [7, 11) is 2.00. The third kappa shape index (κ3) is 3.74. The van der Waals surface area contributed by atoms with E-state index in [1.165, 1.54) is 11.3 Å². The van der Waals surface area contributed by atoms with Crippen molar-refractivity contribution in [3.63, 3.8) is 0 Å². The summed E-state index contributed by atoms with van der Waals surface area (Å²) in [6.07, 6.45) is 0.948. The molecule has 1 aromatic heterocycles. The Balaban J connectivity index is 2.00. The zero-order valence-corrected chi connectivity index (χ0v) is 14.9. The van der Waals surface area contributed by atoms with Crippen LogP contribution in [-0.2, 0) is 25.4 Å². The molecule has 0 aliphatic heterocycles. The van der Waals surface area contributed by atoms with Crippen molar-refractivity contribution in [1.82, 2.24) is 15.1 Å². The standard InChI is InChI=1S/C17H24BrN3/c1-5-14-16(18)15(21(4)20-14)11-19-12-17(2,3)13-9-7-6-8-10-13/h6-10,19H,5,11-12H2,1-4H3. The monoisotopic (exact) mass is 349 g/mol. The van der Waals surface area contributed by atoms with Crippen LogP contribution in [0.15, 0.2) is 34.8 Å². The lowest BCUT2D eigenvalue weighted by molar-refractivity contribution is 0.462. The Kier molecular flexibility index (Phi) is 5.22. The molecule has 0 amide bonds. The van der Waals surface area contributed by atoms with E-state index in [2.05, 4.69) is 77.4 Å². The van der Waals surface area contributed by atoms with E-state index in [1.807, 2.05) is 11.7 Å². The second-order valence-corrected chi connectivity index (χ2v) is 6.83. The Labute approximate surface area is 135 Å². The van der Waals surface area contributed by atoms with Crippen LogP contribution >= 0.6 is 15.9 Å². The molecule has 1 heterocycles. The smallest absolute Gasteiger partial charge is 0.0767 e. The van der Waals surface area contributed by atoms with Crippen LogP contribution < -0.4 is 5.32 Å². The van der Waals surface area contributed by atoms with Crippen molar-refractivity contribution in [1.29, 1.82) is 0 Å². The van der Waals surface area contributed by atoms with Gasteiger partial charge in [0.15, 0.2) is 0 Å². The number of hydrogen-bond acceptors (Lipinski definition) is 2. The van der Waals surface area contributed by atoms with Gasteiger partial charge in [0.25, 0.3) is 0 Å². The molecule has 0 aliphatic rings. The van der Waals surface area contributed by atoms with E-state index in [0.717, 1.165) is 29.7 Å². The molecule has 21 heavy (non-hydrogen) atoms. The number of benzene rings is 1. The van der Waals surface area contributed by atoms with E-state index in [-0.39, 0.29) is 5.41 Å². The summed E-state index contributed by atoms with van der Waals surface area (Å²) in [6.45, 7) is 8.41. The maximum Gasteiger partial charge on any atom is 0.0767 e. The molecular formula is C17H24BrN3. The molecule has 0 fully saturated rings. The topological polar surface area (TPSA) is 29.9 Å². The number of halogens is 1. The van der Waals surface area contributed by atoms with Gasteiger partial charge in [-0.05, 0) is 27.9 Å². The van der Waals surface area contributed by atoms with Gasteiger partial charge in [-0.3, -0.25) is 4.68 Å². The van der Waals surface area contributed by atoms with Gasteiger partial charge >= 0.3 is 0 Å². The van der Waals surface area contributed by atoms with Crippen LogP contribution in [0.4, 0.5) is 0 Å². The highest BCUT2D eigenvalue weighted by atomic mass is 79.9. The Morgan fingerprint density at radius 3 is 2.48 bits per heavy atom. The van der Waals surface area contributed by atoms with Crippen LogP contribution in [0.5, 0.6) is 0 Å². The number of nitrogens with one attached hydrogen (secondary N) is 1. The number of aryl methyl sites for hydroxylation is 2. The van der Waals surface area contributed by atoms with Gasteiger partial charge in [-0.2, -0.15) is 5.10 Å². The molecule has 0 atom stereocenters. The number of nitrogens with zero attached hydrogens (tertiary/aromatic N) is 2. The first-order valence-corrected chi connectivity index (χ1v) is 8.21. The van der Waals surface area contributed by atoms with Gasteiger partial charge in [0.1, 0.15) is 0 Å². The Bertz CT molecular complexity index is 588. The normalized spacial score (nSPS) is 11.9. The van der Waals surface area contributed by atoms with Gasteiger partial charge in [-0.15, -0.1) is 0 Å². The van der Waals surface area contributed by atoms with Crippen molar-refractivity contribution in [2.24, 2.45) is 7.05 Å². The van der Waals surface area contributed by atoms with Crippen molar-refractivity contribution < 1.29 is 0 Å². The molecule has 0 saturated carbocycles. The molecule has 1 aromatic carbocycles. The third-order valence-corrected chi connectivity index (χ3v) is 4.83. The summed E-state index contributed by atoms with van der Waals surface area (Å²) in [5.74, 6) is 0. The van der Waals surface area contributed by atoms with E-state index < -0.39 is 0 Å². The van der Waals surface area contributed by atoms with Gasteiger partial charge < -0.3 is 5.32 Å². The first-order valence-electron chi connectivity index (χ1n) is 7.42. The van der Waals surface area contributed by atoms with Crippen molar-refractivity contribution in [3.05, 3.63) is 51.8 Å². The zero-order valence-electron chi connectivity index (χ0n) is 13.3. The maximum absolute atomic E-state index is 4.53. The maximum atomic E-state index is 4.53. The lowest BCUT2D eigenvalue weighted by Crippen LogP contribution is -2.33. The largest absolute Gasteiger partial charge is 0.310 e.